The zero-order chi connectivity index (χ0) is 16.8. The van der Waals surface area contributed by atoms with E-state index in [0.29, 0.717) is 0 Å². The molecule has 2 N–H and O–H groups in total. The van der Waals surface area contributed by atoms with Crippen molar-refractivity contribution < 1.29 is 4.79 Å². The van der Waals surface area contributed by atoms with Gasteiger partial charge in [-0.15, -0.1) is 23.7 Å². The summed E-state index contributed by atoms with van der Waals surface area (Å²) in [6.45, 7) is 3.52. The average Bonchev–Trinajstić information content (AvgIpc) is 3.08. The van der Waals surface area contributed by atoms with E-state index in [-0.39, 0.29) is 24.2 Å². The Balaban J connectivity index is 0.00000225. The summed E-state index contributed by atoms with van der Waals surface area (Å²) in [6, 6.07) is 8.13. The van der Waals surface area contributed by atoms with Gasteiger partial charge in [-0.1, -0.05) is 12.1 Å². The van der Waals surface area contributed by atoms with Crippen LogP contribution in [0.1, 0.15) is 24.1 Å². The number of halogens is 1. The van der Waals surface area contributed by atoms with Crippen LogP contribution in [0.3, 0.4) is 0 Å². The maximum atomic E-state index is 12.4. The summed E-state index contributed by atoms with van der Waals surface area (Å²) in [5, 5.41) is 8.44. The average molecular weight is 381 g/mol. The van der Waals surface area contributed by atoms with Crippen molar-refractivity contribution in [3.8, 4) is 0 Å². The molecule has 1 fully saturated rings. The van der Waals surface area contributed by atoms with E-state index in [1.807, 2.05) is 17.6 Å². The number of hydrogen-bond acceptors (Lipinski definition) is 5. The van der Waals surface area contributed by atoms with Gasteiger partial charge in [0, 0.05) is 30.1 Å². The highest BCUT2D eigenvalue weighted by Gasteiger charge is 2.20. The fourth-order valence-electron chi connectivity index (χ4n) is 3.04. The van der Waals surface area contributed by atoms with Crippen LogP contribution >= 0.6 is 23.7 Å². The van der Waals surface area contributed by atoms with E-state index in [1.54, 1.807) is 11.3 Å². The number of hydrogen-bond donors (Lipinski definition) is 2. The Kier molecular flexibility index (Phi) is 7.84. The van der Waals surface area contributed by atoms with E-state index in [2.05, 4.69) is 45.1 Å². The van der Waals surface area contributed by atoms with Gasteiger partial charge in [0.15, 0.2) is 0 Å². The maximum Gasteiger partial charge on any atom is 0.227 e. The number of rotatable bonds is 6. The second kappa shape index (κ2) is 9.87. The summed E-state index contributed by atoms with van der Waals surface area (Å²) in [5.41, 5.74) is 5.03. The standard InChI is InChI=1S/C18H24N4OS.ClH/c1-22(11-17-12-24-13-20-17)10-14-3-2-4-16(9-14)21-18(23)15-5-7-19-8-6-15;/h2-4,9,12-13,15,19H,5-8,10-11H2,1H3,(H,21,23);1H. The number of anilines is 1. The summed E-state index contributed by atoms with van der Waals surface area (Å²) in [7, 11) is 2.08. The van der Waals surface area contributed by atoms with Crippen LogP contribution in [0.15, 0.2) is 35.2 Å². The van der Waals surface area contributed by atoms with E-state index in [9.17, 15) is 4.79 Å². The Bertz CT molecular complexity index is 659. The third kappa shape index (κ3) is 6.08. The monoisotopic (exact) mass is 380 g/mol. The lowest BCUT2D eigenvalue weighted by Crippen LogP contribution is -2.34. The van der Waals surface area contributed by atoms with E-state index in [1.165, 1.54) is 5.56 Å². The molecule has 0 bridgehead atoms. The summed E-state index contributed by atoms with van der Waals surface area (Å²) in [6.07, 6.45) is 1.84. The molecule has 25 heavy (non-hydrogen) atoms. The van der Waals surface area contributed by atoms with Gasteiger partial charge in [0.2, 0.25) is 5.91 Å². The van der Waals surface area contributed by atoms with E-state index < -0.39 is 0 Å². The minimum Gasteiger partial charge on any atom is -0.326 e. The minimum atomic E-state index is 0. The Morgan fingerprint density at radius 1 is 1.36 bits per heavy atom. The first kappa shape index (κ1) is 19.8. The van der Waals surface area contributed by atoms with Crippen molar-refractivity contribution in [2.75, 3.05) is 25.5 Å². The molecule has 2 aromatic rings. The highest BCUT2D eigenvalue weighted by Crippen LogP contribution is 2.17. The molecule has 0 radical (unpaired) electrons. The molecule has 1 aliphatic rings. The van der Waals surface area contributed by atoms with Gasteiger partial charge in [-0.25, -0.2) is 4.98 Å². The Morgan fingerprint density at radius 3 is 2.88 bits per heavy atom. The van der Waals surface area contributed by atoms with Crippen molar-refractivity contribution in [2.24, 2.45) is 5.92 Å². The molecule has 1 saturated heterocycles. The number of nitrogens with one attached hydrogen (secondary N) is 2. The number of thiazole rings is 1. The van der Waals surface area contributed by atoms with Crippen molar-refractivity contribution in [3.05, 3.63) is 46.4 Å². The Labute approximate surface area is 159 Å². The van der Waals surface area contributed by atoms with Gasteiger partial charge in [-0.05, 0) is 50.7 Å². The molecule has 1 aromatic carbocycles. The molecule has 1 amide bonds. The number of benzene rings is 1. The fraction of sp³-hybridized carbons (Fsp3) is 0.444. The molecule has 0 atom stereocenters. The zero-order valence-electron chi connectivity index (χ0n) is 14.4. The fourth-order valence-corrected chi connectivity index (χ4v) is 3.59. The number of carbonyl (C=O) groups is 1. The van der Waals surface area contributed by atoms with Crippen LogP contribution < -0.4 is 10.6 Å². The van der Waals surface area contributed by atoms with Crippen LogP contribution in [0.4, 0.5) is 5.69 Å². The topological polar surface area (TPSA) is 57.3 Å². The number of nitrogens with zero attached hydrogens (tertiary/aromatic N) is 2. The van der Waals surface area contributed by atoms with Crippen LogP contribution in [-0.2, 0) is 17.9 Å². The van der Waals surface area contributed by atoms with Gasteiger partial charge in [-0.3, -0.25) is 9.69 Å². The lowest BCUT2D eigenvalue weighted by atomic mass is 9.97. The van der Waals surface area contributed by atoms with Crippen LogP contribution in [-0.4, -0.2) is 35.9 Å². The molecule has 5 nitrogen and oxygen atoms in total. The zero-order valence-corrected chi connectivity index (χ0v) is 16.0. The van der Waals surface area contributed by atoms with Gasteiger partial charge in [0.25, 0.3) is 0 Å². The molecule has 1 aliphatic heterocycles. The smallest absolute Gasteiger partial charge is 0.227 e. The molecular formula is C18H25ClN4OS. The van der Waals surface area contributed by atoms with Crippen LogP contribution in [0, 0.1) is 5.92 Å². The molecule has 0 saturated carbocycles. The van der Waals surface area contributed by atoms with E-state index in [0.717, 1.165) is 50.4 Å². The number of piperidine rings is 1. The van der Waals surface area contributed by atoms with Crippen LogP contribution in [0.25, 0.3) is 0 Å². The molecule has 0 spiro atoms. The number of carbonyl (C=O) groups excluding carboxylic acids is 1. The van der Waals surface area contributed by atoms with Gasteiger partial charge < -0.3 is 10.6 Å². The second-order valence-corrected chi connectivity index (χ2v) is 7.08. The van der Waals surface area contributed by atoms with Crippen molar-refractivity contribution >= 4 is 35.3 Å². The predicted molar refractivity (Wildman–Crippen MR) is 105 cm³/mol. The predicted octanol–water partition coefficient (Wildman–Crippen LogP) is 3.14. The van der Waals surface area contributed by atoms with Crippen molar-refractivity contribution in [1.82, 2.24) is 15.2 Å². The minimum absolute atomic E-state index is 0. The lowest BCUT2D eigenvalue weighted by Gasteiger charge is -2.22. The Morgan fingerprint density at radius 2 is 2.16 bits per heavy atom. The lowest BCUT2D eigenvalue weighted by molar-refractivity contribution is -0.120. The van der Waals surface area contributed by atoms with Crippen molar-refractivity contribution in [1.29, 1.82) is 0 Å². The third-order valence-electron chi connectivity index (χ3n) is 4.27. The van der Waals surface area contributed by atoms with Gasteiger partial charge in [0.05, 0.1) is 11.2 Å². The molecule has 1 aromatic heterocycles. The molecule has 136 valence electrons. The van der Waals surface area contributed by atoms with Crippen molar-refractivity contribution in [3.63, 3.8) is 0 Å². The summed E-state index contributed by atoms with van der Waals surface area (Å²) in [5.74, 6) is 0.270. The van der Waals surface area contributed by atoms with Crippen LogP contribution in [0.5, 0.6) is 0 Å². The second-order valence-electron chi connectivity index (χ2n) is 6.37. The SMILES string of the molecule is CN(Cc1cccc(NC(=O)C2CCNCC2)c1)Cc1cscn1.Cl. The molecule has 2 heterocycles. The quantitative estimate of drug-likeness (QED) is 0.808. The van der Waals surface area contributed by atoms with Crippen molar-refractivity contribution in [2.45, 2.75) is 25.9 Å². The summed E-state index contributed by atoms with van der Waals surface area (Å²) >= 11 is 1.62. The largest absolute Gasteiger partial charge is 0.326 e. The summed E-state index contributed by atoms with van der Waals surface area (Å²) in [4.78, 5) is 18.9. The van der Waals surface area contributed by atoms with Gasteiger partial charge in [0.1, 0.15) is 0 Å². The van der Waals surface area contributed by atoms with Gasteiger partial charge in [-0.2, -0.15) is 0 Å². The molecule has 0 unspecified atom stereocenters. The number of amides is 1. The van der Waals surface area contributed by atoms with E-state index >= 15 is 0 Å². The maximum absolute atomic E-state index is 12.4. The molecular weight excluding hydrogens is 356 g/mol. The first-order valence-electron chi connectivity index (χ1n) is 8.37. The first-order valence-corrected chi connectivity index (χ1v) is 9.31. The highest BCUT2D eigenvalue weighted by atomic mass is 35.5. The summed E-state index contributed by atoms with van der Waals surface area (Å²) < 4.78 is 0. The van der Waals surface area contributed by atoms with Gasteiger partial charge >= 0.3 is 0 Å². The first-order chi connectivity index (χ1) is 11.7. The third-order valence-corrected chi connectivity index (χ3v) is 4.91. The molecule has 0 aliphatic carbocycles. The molecule has 7 heteroatoms. The molecule has 3 rings (SSSR count). The number of aromatic nitrogens is 1. The normalized spacial score (nSPS) is 15.0. The Hall–Kier alpha value is -1.47. The highest BCUT2D eigenvalue weighted by molar-refractivity contribution is 7.07. The van der Waals surface area contributed by atoms with E-state index in [4.69, 9.17) is 0 Å². The van der Waals surface area contributed by atoms with Crippen LogP contribution in [0.2, 0.25) is 0 Å².